The lowest BCUT2D eigenvalue weighted by molar-refractivity contribution is -0.134. The van der Waals surface area contributed by atoms with Crippen molar-refractivity contribution in [1.29, 1.82) is 0 Å². The number of alkyl halides is 3. The van der Waals surface area contributed by atoms with Gasteiger partial charge in [0.05, 0.1) is 5.75 Å². The molecule has 140 valence electrons. The Morgan fingerprint density at radius 2 is 1.77 bits per heavy atom. The number of hydrogen-bond donors (Lipinski definition) is 1. The molecule has 26 heavy (non-hydrogen) atoms. The van der Waals surface area contributed by atoms with Crippen molar-refractivity contribution in [3.63, 3.8) is 0 Å². The van der Waals surface area contributed by atoms with Crippen LogP contribution in [0.2, 0.25) is 0 Å². The van der Waals surface area contributed by atoms with Gasteiger partial charge in [-0.25, -0.2) is 0 Å². The number of carbonyl (C=O) groups is 1. The van der Waals surface area contributed by atoms with Crippen LogP contribution in [0.3, 0.4) is 0 Å². The Bertz CT molecular complexity index is 895. The van der Waals surface area contributed by atoms with Gasteiger partial charge in [-0.3, -0.25) is 4.79 Å². The Kier molecular flexibility index (Phi) is 5.91. The van der Waals surface area contributed by atoms with Gasteiger partial charge in [0.25, 0.3) is 0 Å². The second-order valence-corrected chi connectivity index (χ2v) is 7.19. The van der Waals surface area contributed by atoms with Gasteiger partial charge in [-0.2, -0.15) is 21.6 Å². The number of primary amides is 1. The molecule has 2 aromatic rings. The molecule has 2 rings (SSSR count). The Morgan fingerprint density at radius 3 is 2.42 bits per heavy atom. The largest absolute Gasteiger partial charge is 0.389 e. The number of hydrogen-bond acceptors (Lipinski definition) is 4. The highest BCUT2D eigenvalue weighted by molar-refractivity contribution is 7.87. The van der Waals surface area contributed by atoms with Gasteiger partial charge in [-0.1, -0.05) is 30.3 Å². The number of carbonyl (C=O) groups excluding carboxylic acids is 1. The molecule has 0 saturated carbocycles. The molecular formula is C17H16F3NO4S. The fraction of sp³-hybridized carbons (Fsp3) is 0.235. The number of nitrogens with two attached hydrogens (primary N) is 1. The molecule has 0 aromatic heterocycles. The zero-order chi connectivity index (χ0) is 19.4. The van der Waals surface area contributed by atoms with Crippen molar-refractivity contribution < 1.29 is 30.6 Å². The van der Waals surface area contributed by atoms with E-state index in [1.165, 1.54) is 24.3 Å². The van der Waals surface area contributed by atoms with Crippen LogP contribution in [0.15, 0.2) is 48.5 Å². The van der Waals surface area contributed by atoms with Gasteiger partial charge in [0.1, 0.15) is 5.75 Å². The van der Waals surface area contributed by atoms with Crippen LogP contribution >= 0.6 is 0 Å². The van der Waals surface area contributed by atoms with Crippen LogP contribution in [-0.2, 0) is 10.1 Å². The molecule has 0 bridgehead atoms. The summed E-state index contributed by atoms with van der Waals surface area (Å²) in [6.45, 7) is 0. The second-order valence-electron chi connectivity index (χ2n) is 5.50. The maximum atomic E-state index is 12.1. The monoisotopic (exact) mass is 387 g/mol. The maximum Gasteiger partial charge on any atom is 0.389 e. The van der Waals surface area contributed by atoms with Crippen LogP contribution in [0.1, 0.15) is 23.2 Å². The fourth-order valence-corrected chi connectivity index (χ4v) is 3.28. The molecule has 0 saturated heterocycles. The van der Waals surface area contributed by atoms with E-state index in [9.17, 15) is 26.4 Å². The smallest absolute Gasteiger partial charge is 0.382 e. The molecule has 2 aromatic carbocycles. The lowest BCUT2D eigenvalue weighted by Gasteiger charge is -2.11. The van der Waals surface area contributed by atoms with E-state index in [1.54, 1.807) is 24.3 Å². The van der Waals surface area contributed by atoms with Crippen LogP contribution in [-0.4, -0.2) is 26.3 Å². The zero-order valence-electron chi connectivity index (χ0n) is 13.5. The highest BCUT2D eigenvalue weighted by Gasteiger charge is 2.27. The topological polar surface area (TPSA) is 86.5 Å². The first kappa shape index (κ1) is 19.8. The number of amides is 1. The molecule has 0 spiro atoms. The molecule has 0 aliphatic rings. The summed E-state index contributed by atoms with van der Waals surface area (Å²) in [5, 5.41) is 0. The van der Waals surface area contributed by atoms with Crippen LogP contribution < -0.4 is 9.92 Å². The summed E-state index contributed by atoms with van der Waals surface area (Å²) in [6.07, 6.45) is -6.22. The summed E-state index contributed by atoms with van der Waals surface area (Å²) >= 11 is 0. The average molecular weight is 387 g/mol. The molecule has 0 radical (unpaired) electrons. The van der Waals surface area contributed by atoms with E-state index in [4.69, 9.17) is 9.92 Å². The summed E-state index contributed by atoms with van der Waals surface area (Å²) in [4.78, 5) is 11.5. The predicted octanol–water partition coefficient (Wildman–Crippen LogP) is 3.50. The van der Waals surface area contributed by atoms with Gasteiger partial charge in [0.2, 0.25) is 5.91 Å². The molecular weight excluding hydrogens is 371 g/mol. The van der Waals surface area contributed by atoms with E-state index < -0.39 is 40.8 Å². The molecule has 2 N–H and O–H groups in total. The third kappa shape index (κ3) is 5.76. The van der Waals surface area contributed by atoms with Crippen molar-refractivity contribution in [1.82, 2.24) is 0 Å². The summed E-state index contributed by atoms with van der Waals surface area (Å²) in [7, 11) is -4.17. The van der Waals surface area contributed by atoms with Crippen molar-refractivity contribution in [2.45, 2.75) is 19.0 Å². The van der Waals surface area contributed by atoms with Gasteiger partial charge >= 0.3 is 16.3 Å². The number of rotatable bonds is 7. The highest BCUT2D eigenvalue weighted by Crippen LogP contribution is 2.28. The van der Waals surface area contributed by atoms with Crippen molar-refractivity contribution in [2.75, 3.05) is 5.75 Å². The van der Waals surface area contributed by atoms with Gasteiger partial charge < -0.3 is 9.92 Å². The molecule has 0 aliphatic heterocycles. The summed E-state index contributed by atoms with van der Waals surface area (Å²) < 4.78 is 64.9. The number of benzene rings is 2. The minimum atomic E-state index is -4.42. The van der Waals surface area contributed by atoms with Crippen molar-refractivity contribution in [3.8, 4) is 16.9 Å². The average Bonchev–Trinajstić information content (AvgIpc) is 2.53. The first-order valence-electron chi connectivity index (χ1n) is 7.55. The van der Waals surface area contributed by atoms with Crippen molar-refractivity contribution in [2.24, 2.45) is 5.73 Å². The van der Waals surface area contributed by atoms with Crippen LogP contribution in [0.25, 0.3) is 11.1 Å². The maximum absolute atomic E-state index is 12.1. The molecule has 5 nitrogen and oxygen atoms in total. The normalized spacial score (nSPS) is 12.0. The fourth-order valence-electron chi connectivity index (χ4n) is 2.30. The first-order valence-corrected chi connectivity index (χ1v) is 9.13. The number of halogens is 3. The first-order chi connectivity index (χ1) is 12.1. The van der Waals surface area contributed by atoms with E-state index in [-0.39, 0.29) is 11.3 Å². The zero-order valence-corrected chi connectivity index (χ0v) is 14.3. The minimum absolute atomic E-state index is 0.0613. The summed E-state index contributed by atoms with van der Waals surface area (Å²) in [5.41, 5.74) is 6.55. The van der Waals surface area contributed by atoms with Crippen LogP contribution in [0, 0.1) is 0 Å². The molecule has 0 fully saturated rings. The van der Waals surface area contributed by atoms with Crippen LogP contribution in [0.5, 0.6) is 5.75 Å². The Morgan fingerprint density at radius 1 is 1.08 bits per heavy atom. The van der Waals surface area contributed by atoms with Gasteiger partial charge in [0.15, 0.2) is 0 Å². The SMILES string of the molecule is NC(=O)c1ccccc1-c1cccc(OS(=O)(=O)CCCC(F)(F)F)c1. The van der Waals surface area contributed by atoms with E-state index in [0.717, 1.165) is 0 Å². The summed E-state index contributed by atoms with van der Waals surface area (Å²) in [5.74, 6) is -1.46. The Labute approximate surface area is 148 Å². The molecule has 0 unspecified atom stereocenters. The molecule has 1 amide bonds. The van der Waals surface area contributed by atoms with E-state index >= 15 is 0 Å². The van der Waals surface area contributed by atoms with Crippen molar-refractivity contribution in [3.05, 3.63) is 54.1 Å². The predicted molar refractivity (Wildman–Crippen MR) is 90.1 cm³/mol. The summed E-state index contributed by atoms with van der Waals surface area (Å²) in [6, 6.07) is 12.4. The Hall–Kier alpha value is -2.55. The van der Waals surface area contributed by atoms with Gasteiger partial charge in [0, 0.05) is 12.0 Å². The molecule has 0 atom stereocenters. The molecule has 9 heteroatoms. The third-order valence-corrected chi connectivity index (χ3v) is 4.65. The second kappa shape index (κ2) is 7.77. The quantitative estimate of drug-likeness (QED) is 0.737. The lowest BCUT2D eigenvalue weighted by Crippen LogP contribution is -2.16. The molecule has 0 aliphatic carbocycles. The lowest BCUT2D eigenvalue weighted by atomic mass is 9.99. The van der Waals surface area contributed by atoms with Crippen molar-refractivity contribution >= 4 is 16.0 Å². The van der Waals surface area contributed by atoms with E-state index in [0.29, 0.717) is 11.1 Å². The third-order valence-electron chi connectivity index (χ3n) is 3.42. The van der Waals surface area contributed by atoms with Gasteiger partial charge in [-0.15, -0.1) is 0 Å². The molecule has 0 heterocycles. The highest BCUT2D eigenvalue weighted by atomic mass is 32.2. The van der Waals surface area contributed by atoms with Gasteiger partial charge in [-0.05, 0) is 35.7 Å². The van der Waals surface area contributed by atoms with Crippen LogP contribution in [0.4, 0.5) is 13.2 Å². The van der Waals surface area contributed by atoms with E-state index in [1.807, 2.05) is 0 Å². The minimum Gasteiger partial charge on any atom is -0.382 e. The standard InChI is InChI=1S/C17H16F3NO4S/c18-17(19,20)9-4-10-26(23,24)25-13-6-3-5-12(11-13)14-7-1-2-8-15(14)16(21)22/h1-3,5-8,11H,4,9-10H2,(H2,21,22). The van der Waals surface area contributed by atoms with E-state index in [2.05, 4.69) is 0 Å². The Balaban J connectivity index is 2.19.